The third kappa shape index (κ3) is 3.02. The van der Waals surface area contributed by atoms with Gasteiger partial charge in [-0.3, -0.25) is 0 Å². The molecule has 1 saturated carbocycles. The van der Waals surface area contributed by atoms with Crippen molar-refractivity contribution in [2.45, 2.75) is 44.9 Å². The van der Waals surface area contributed by atoms with E-state index in [0.29, 0.717) is 11.8 Å². The SMILES string of the molecule is Cc1ccc(C2CCCCCC2CN)cc1Cl. The normalized spacial score (nSPS) is 25.6. The minimum atomic E-state index is 0.612. The van der Waals surface area contributed by atoms with Crippen LogP contribution in [0.4, 0.5) is 0 Å². The maximum Gasteiger partial charge on any atom is 0.0438 e. The second-order valence-corrected chi connectivity index (χ2v) is 5.66. The molecule has 1 aromatic carbocycles. The smallest absolute Gasteiger partial charge is 0.0438 e. The molecule has 2 atom stereocenters. The van der Waals surface area contributed by atoms with Gasteiger partial charge in [0.25, 0.3) is 0 Å². The fourth-order valence-electron chi connectivity index (χ4n) is 2.95. The van der Waals surface area contributed by atoms with Gasteiger partial charge in [0.1, 0.15) is 0 Å². The molecule has 94 valence electrons. The number of aryl methyl sites for hydroxylation is 1. The maximum absolute atomic E-state index is 6.23. The minimum absolute atomic E-state index is 0.612. The Hall–Kier alpha value is -0.530. The van der Waals surface area contributed by atoms with Crippen LogP contribution in [0.3, 0.4) is 0 Å². The first-order valence-corrected chi connectivity index (χ1v) is 7.06. The largest absolute Gasteiger partial charge is 0.330 e. The highest BCUT2D eigenvalue weighted by Crippen LogP contribution is 2.37. The fourth-order valence-corrected chi connectivity index (χ4v) is 3.13. The number of benzene rings is 1. The Kier molecular flexibility index (Phi) is 4.47. The van der Waals surface area contributed by atoms with Crippen molar-refractivity contribution in [1.29, 1.82) is 0 Å². The van der Waals surface area contributed by atoms with E-state index in [1.807, 2.05) is 0 Å². The Labute approximate surface area is 109 Å². The highest BCUT2D eigenvalue weighted by atomic mass is 35.5. The van der Waals surface area contributed by atoms with Crippen molar-refractivity contribution >= 4 is 11.6 Å². The van der Waals surface area contributed by atoms with Gasteiger partial charge in [0.2, 0.25) is 0 Å². The second kappa shape index (κ2) is 5.88. The van der Waals surface area contributed by atoms with Gasteiger partial charge in [-0.25, -0.2) is 0 Å². The number of rotatable bonds is 2. The number of nitrogens with two attached hydrogens (primary N) is 1. The van der Waals surface area contributed by atoms with E-state index in [4.69, 9.17) is 17.3 Å². The summed E-state index contributed by atoms with van der Waals surface area (Å²) >= 11 is 6.23. The molecule has 0 radical (unpaired) electrons. The number of hydrogen-bond acceptors (Lipinski definition) is 1. The van der Waals surface area contributed by atoms with Crippen LogP contribution < -0.4 is 5.73 Å². The quantitative estimate of drug-likeness (QED) is 0.781. The molecule has 1 aromatic rings. The van der Waals surface area contributed by atoms with Crippen molar-refractivity contribution in [2.24, 2.45) is 11.7 Å². The lowest BCUT2D eigenvalue weighted by atomic mass is 9.82. The standard InChI is InChI=1S/C15H22ClN/c1-11-7-8-12(9-15(11)16)14-6-4-2-3-5-13(14)10-17/h7-9,13-14H,2-6,10,17H2,1H3. The molecule has 2 N–H and O–H groups in total. The molecule has 2 unspecified atom stereocenters. The summed E-state index contributed by atoms with van der Waals surface area (Å²) in [4.78, 5) is 0. The van der Waals surface area contributed by atoms with Crippen LogP contribution in [-0.4, -0.2) is 6.54 Å². The predicted octanol–water partition coefficient (Wildman–Crippen LogP) is 4.27. The number of halogens is 1. The van der Waals surface area contributed by atoms with Gasteiger partial charge >= 0.3 is 0 Å². The Morgan fingerprint density at radius 3 is 2.71 bits per heavy atom. The van der Waals surface area contributed by atoms with Gasteiger partial charge in [-0.2, -0.15) is 0 Å². The highest BCUT2D eigenvalue weighted by Gasteiger charge is 2.24. The molecule has 0 bridgehead atoms. The molecular formula is C15H22ClN. The third-order valence-corrected chi connectivity index (χ3v) is 4.49. The fraction of sp³-hybridized carbons (Fsp3) is 0.600. The molecule has 1 nitrogen and oxygen atoms in total. The van der Waals surface area contributed by atoms with Gasteiger partial charge in [0, 0.05) is 5.02 Å². The minimum Gasteiger partial charge on any atom is -0.330 e. The van der Waals surface area contributed by atoms with Gasteiger partial charge in [-0.15, -0.1) is 0 Å². The lowest BCUT2D eigenvalue weighted by molar-refractivity contribution is 0.408. The van der Waals surface area contributed by atoms with Crippen molar-refractivity contribution in [3.63, 3.8) is 0 Å². The summed E-state index contributed by atoms with van der Waals surface area (Å²) in [5.74, 6) is 1.25. The molecule has 0 saturated heterocycles. The first-order chi connectivity index (χ1) is 8.22. The van der Waals surface area contributed by atoms with Gasteiger partial charge in [0.05, 0.1) is 0 Å². The first kappa shape index (κ1) is 12.9. The summed E-state index contributed by atoms with van der Waals surface area (Å²) < 4.78 is 0. The van der Waals surface area contributed by atoms with Crippen molar-refractivity contribution in [2.75, 3.05) is 6.54 Å². The van der Waals surface area contributed by atoms with Crippen molar-refractivity contribution < 1.29 is 0 Å². The van der Waals surface area contributed by atoms with Crippen molar-refractivity contribution in [1.82, 2.24) is 0 Å². The zero-order chi connectivity index (χ0) is 12.3. The molecule has 0 aromatic heterocycles. The lowest BCUT2D eigenvalue weighted by Gasteiger charge is -2.24. The second-order valence-electron chi connectivity index (χ2n) is 5.25. The topological polar surface area (TPSA) is 26.0 Å². The number of hydrogen-bond donors (Lipinski definition) is 1. The van der Waals surface area contributed by atoms with Crippen LogP contribution in [0.1, 0.15) is 49.1 Å². The molecule has 0 amide bonds. The predicted molar refractivity (Wildman–Crippen MR) is 74.6 cm³/mol. The van der Waals surface area contributed by atoms with E-state index < -0.39 is 0 Å². The average Bonchev–Trinajstić information content (AvgIpc) is 2.57. The summed E-state index contributed by atoms with van der Waals surface area (Å²) in [5.41, 5.74) is 8.48. The maximum atomic E-state index is 6.23. The monoisotopic (exact) mass is 251 g/mol. The molecule has 17 heavy (non-hydrogen) atoms. The van der Waals surface area contributed by atoms with E-state index in [2.05, 4.69) is 25.1 Å². The lowest BCUT2D eigenvalue weighted by Crippen LogP contribution is -2.21. The summed E-state index contributed by atoms with van der Waals surface area (Å²) in [6, 6.07) is 6.52. The van der Waals surface area contributed by atoms with E-state index in [9.17, 15) is 0 Å². The molecule has 1 aliphatic carbocycles. The Bertz CT molecular complexity index is 375. The molecule has 2 heteroatoms. The van der Waals surface area contributed by atoms with E-state index >= 15 is 0 Å². The molecule has 1 aliphatic rings. The van der Waals surface area contributed by atoms with Gasteiger partial charge in [-0.1, -0.05) is 43.0 Å². The highest BCUT2D eigenvalue weighted by molar-refractivity contribution is 6.31. The van der Waals surface area contributed by atoms with Crippen LogP contribution in [0, 0.1) is 12.8 Å². The van der Waals surface area contributed by atoms with Gasteiger partial charge < -0.3 is 5.73 Å². The Balaban J connectivity index is 2.25. The summed E-state index contributed by atoms with van der Waals surface area (Å²) in [6.07, 6.45) is 6.55. The summed E-state index contributed by atoms with van der Waals surface area (Å²) in [5, 5.41) is 0.891. The van der Waals surface area contributed by atoms with Crippen LogP contribution in [-0.2, 0) is 0 Å². The Morgan fingerprint density at radius 1 is 1.24 bits per heavy atom. The Morgan fingerprint density at radius 2 is 2.00 bits per heavy atom. The van der Waals surface area contributed by atoms with Crippen molar-refractivity contribution in [3.8, 4) is 0 Å². The molecule has 1 fully saturated rings. The van der Waals surface area contributed by atoms with Crippen LogP contribution in [0.5, 0.6) is 0 Å². The third-order valence-electron chi connectivity index (χ3n) is 4.09. The van der Waals surface area contributed by atoms with E-state index in [0.717, 1.165) is 17.1 Å². The van der Waals surface area contributed by atoms with Crippen LogP contribution in [0.2, 0.25) is 5.02 Å². The zero-order valence-electron chi connectivity index (χ0n) is 10.6. The van der Waals surface area contributed by atoms with Crippen LogP contribution in [0.15, 0.2) is 18.2 Å². The molecule has 0 heterocycles. The van der Waals surface area contributed by atoms with Crippen LogP contribution >= 0.6 is 11.6 Å². The average molecular weight is 252 g/mol. The van der Waals surface area contributed by atoms with Crippen molar-refractivity contribution in [3.05, 3.63) is 34.3 Å². The van der Waals surface area contributed by atoms with E-state index in [1.165, 1.54) is 37.7 Å². The molecule has 0 aliphatic heterocycles. The molecular weight excluding hydrogens is 230 g/mol. The van der Waals surface area contributed by atoms with Gasteiger partial charge in [-0.05, 0) is 55.3 Å². The molecule has 0 spiro atoms. The molecule has 2 rings (SSSR count). The first-order valence-electron chi connectivity index (χ1n) is 6.68. The van der Waals surface area contributed by atoms with E-state index in [-0.39, 0.29) is 0 Å². The zero-order valence-corrected chi connectivity index (χ0v) is 11.3. The summed E-state index contributed by atoms with van der Waals surface area (Å²) in [6.45, 7) is 2.86. The summed E-state index contributed by atoms with van der Waals surface area (Å²) in [7, 11) is 0. The van der Waals surface area contributed by atoms with Crippen LogP contribution in [0.25, 0.3) is 0 Å². The van der Waals surface area contributed by atoms with E-state index in [1.54, 1.807) is 0 Å². The van der Waals surface area contributed by atoms with Gasteiger partial charge in [0.15, 0.2) is 0 Å².